The van der Waals surface area contributed by atoms with Crippen molar-refractivity contribution in [2.45, 2.75) is 110 Å². The molecule has 2 heterocycles. The molecular formula is C26H48N2O5. The zero-order valence-electron chi connectivity index (χ0n) is 22.4. The molecule has 3 fully saturated rings. The molecule has 3 rings (SSSR count). The van der Waals surface area contributed by atoms with Crippen molar-refractivity contribution in [3.8, 4) is 0 Å². The Kier molecular flexibility index (Phi) is 10.9. The number of ether oxygens (including phenoxy) is 1. The zero-order chi connectivity index (χ0) is 25.4. The van der Waals surface area contributed by atoms with Crippen LogP contribution in [-0.4, -0.2) is 72.4 Å². The molecular weight excluding hydrogens is 420 g/mol. The van der Waals surface area contributed by atoms with E-state index in [4.69, 9.17) is 6.11 Å². The second-order valence-electron chi connectivity index (χ2n) is 9.89. The first-order valence-electron chi connectivity index (χ1n) is 13.9. The third-order valence-corrected chi connectivity index (χ3v) is 8.04. The van der Waals surface area contributed by atoms with Crippen molar-refractivity contribution in [2.75, 3.05) is 32.8 Å². The molecule has 0 bridgehead atoms. The van der Waals surface area contributed by atoms with E-state index in [1.807, 2.05) is 0 Å². The number of likely N-dealkylation sites (tertiary alicyclic amines) is 1. The molecule has 2 aliphatic heterocycles. The van der Waals surface area contributed by atoms with Crippen LogP contribution in [0.3, 0.4) is 0 Å². The second-order valence-corrected chi connectivity index (χ2v) is 9.89. The Bertz CT molecular complexity index is 638. The van der Waals surface area contributed by atoms with Gasteiger partial charge in [0.1, 0.15) is 6.10 Å². The average molecular weight is 470 g/mol. The van der Waals surface area contributed by atoms with E-state index in [2.05, 4.69) is 20.8 Å². The van der Waals surface area contributed by atoms with Crippen LogP contribution in [0.4, 0.5) is 0 Å². The Hall–Kier alpha value is -1.18. The lowest BCUT2D eigenvalue weighted by molar-refractivity contribution is -0.894. The van der Waals surface area contributed by atoms with Gasteiger partial charge in [-0.15, -0.1) is 0 Å². The Labute approximate surface area is 202 Å². The van der Waals surface area contributed by atoms with E-state index < -0.39 is 35.5 Å². The highest BCUT2D eigenvalue weighted by molar-refractivity contribution is 5.89. The number of carboxylic acid groups (broad SMARTS) is 1. The van der Waals surface area contributed by atoms with Crippen molar-refractivity contribution >= 4 is 11.9 Å². The lowest BCUT2D eigenvalue weighted by Gasteiger charge is -2.51. The molecule has 33 heavy (non-hydrogen) atoms. The molecule has 2 saturated heterocycles. The van der Waals surface area contributed by atoms with Crippen LogP contribution in [0, 0.1) is 11.8 Å². The van der Waals surface area contributed by atoms with Gasteiger partial charge >= 0.3 is 0 Å². The highest BCUT2D eigenvalue weighted by atomic mass is 16.5. The van der Waals surface area contributed by atoms with Gasteiger partial charge in [-0.2, -0.15) is 0 Å². The van der Waals surface area contributed by atoms with Crippen molar-refractivity contribution in [1.82, 2.24) is 4.90 Å². The maximum Gasteiger partial charge on any atom is 0.251 e. The summed E-state index contributed by atoms with van der Waals surface area (Å²) in [6, 6.07) is 0. The quantitative estimate of drug-likeness (QED) is 0.546. The van der Waals surface area contributed by atoms with E-state index in [0.717, 1.165) is 38.5 Å². The molecule has 0 aromatic heterocycles. The summed E-state index contributed by atoms with van der Waals surface area (Å²) in [4.78, 5) is 28.6. The molecule has 7 heteroatoms. The van der Waals surface area contributed by atoms with Crippen LogP contribution in [0.25, 0.3) is 0 Å². The minimum Gasteiger partial charge on any atom is -0.548 e. The van der Waals surface area contributed by atoms with Crippen molar-refractivity contribution in [3.63, 3.8) is 0 Å². The topological polar surface area (TPSA) is 94.3 Å². The fraction of sp³-hybridized carbons (Fsp3) is 0.923. The van der Waals surface area contributed by atoms with E-state index >= 15 is 0 Å². The minimum absolute atomic E-state index is 0.225. The number of hydrogen-bond donors (Lipinski definition) is 2. The molecule has 1 saturated carbocycles. The lowest BCUT2D eigenvalue weighted by atomic mass is 9.68. The number of nitrogens with zero attached hydrogens (tertiary/aromatic N) is 1. The van der Waals surface area contributed by atoms with Crippen molar-refractivity contribution in [1.29, 1.82) is 0 Å². The van der Waals surface area contributed by atoms with Crippen LogP contribution < -0.4 is 10.0 Å². The number of carbonyl (C=O) groups is 2. The third kappa shape index (κ3) is 6.49. The Morgan fingerprint density at radius 3 is 2.06 bits per heavy atom. The molecule has 2 N–H and O–H groups in total. The molecule has 192 valence electrons. The molecule has 0 spiro atoms. The summed E-state index contributed by atoms with van der Waals surface area (Å²) < 4.78 is 14.8. The number of aliphatic carboxylic acids is 1. The summed E-state index contributed by atoms with van der Waals surface area (Å²) >= 11 is 0. The SMILES string of the molecule is CC[NH+](CC)CC.[2H]C1(C2CCN(C(=O)C(C)O)[C@@]2(C(=O)[O-])C2CCCCCC2)CCCCO1. The Balaban J connectivity index is 0.000000509. The Morgan fingerprint density at radius 2 is 1.64 bits per heavy atom. The maximum absolute atomic E-state index is 12.8. The number of carboxylic acids is 1. The fourth-order valence-electron chi connectivity index (χ4n) is 6.12. The number of aliphatic hydroxyl groups is 1. The molecule has 0 radical (unpaired) electrons. The fourth-order valence-corrected chi connectivity index (χ4v) is 6.12. The Morgan fingerprint density at radius 1 is 1.06 bits per heavy atom. The van der Waals surface area contributed by atoms with E-state index in [1.165, 1.54) is 31.5 Å². The van der Waals surface area contributed by atoms with Crippen LogP contribution in [0.2, 0.25) is 0 Å². The third-order valence-electron chi connectivity index (χ3n) is 8.04. The summed E-state index contributed by atoms with van der Waals surface area (Å²) in [7, 11) is 0. The van der Waals surface area contributed by atoms with Crippen LogP contribution in [-0.2, 0) is 14.3 Å². The van der Waals surface area contributed by atoms with Gasteiger partial charge in [0, 0.05) is 19.1 Å². The number of quaternary nitrogens is 1. The molecule has 1 aliphatic carbocycles. The predicted octanol–water partition coefficient (Wildman–Crippen LogP) is 1.17. The number of nitrogens with one attached hydrogen (secondary N) is 1. The first-order chi connectivity index (χ1) is 16.2. The monoisotopic (exact) mass is 469 g/mol. The largest absolute Gasteiger partial charge is 0.548 e. The highest BCUT2D eigenvalue weighted by Gasteiger charge is 2.59. The first-order valence-corrected chi connectivity index (χ1v) is 13.4. The molecule has 0 aromatic rings. The van der Waals surface area contributed by atoms with Crippen LogP contribution in [0.5, 0.6) is 0 Å². The van der Waals surface area contributed by atoms with Crippen molar-refractivity contribution in [2.24, 2.45) is 11.8 Å². The summed E-state index contributed by atoms with van der Waals surface area (Å²) in [5.74, 6) is -2.77. The lowest BCUT2D eigenvalue weighted by Crippen LogP contribution is -3.11. The summed E-state index contributed by atoms with van der Waals surface area (Å²) in [6.45, 7) is 12.5. The van der Waals surface area contributed by atoms with Crippen LogP contribution in [0.1, 0.15) is 93.3 Å². The van der Waals surface area contributed by atoms with Gasteiger partial charge in [-0.3, -0.25) is 4.79 Å². The minimum atomic E-state index is -1.57. The predicted molar refractivity (Wildman–Crippen MR) is 127 cm³/mol. The number of amides is 1. The van der Waals surface area contributed by atoms with Gasteiger partial charge in [-0.05, 0) is 72.1 Å². The normalized spacial score (nSPS) is 32.5. The highest BCUT2D eigenvalue weighted by Crippen LogP contribution is 2.49. The molecule has 7 nitrogen and oxygen atoms in total. The molecule has 3 unspecified atom stereocenters. The second kappa shape index (κ2) is 13.6. The van der Waals surface area contributed by atoms with Crippen LogP contribution >= 0.6 is 0 Å². The van der Waals surface area contributed by atoms with Gasteiger partial charge in [-0.25, -0.2) is 0 Å². The van der Waals surface area contributed by atoms with Gasteiger partial charge in [-0.1, -0.05) is 25.7 Å². The van der Waals surface area contributed by atoms with Gasteiger partial charge in [0.15, 0.2) is 0 Å². The summed E-state index contributed by atoms with van der Waals surface area (Å²) in [6.07, 6.45) is 5.28. The standard InChI is InChI=1S/C20H33NO5.C6H15N/c1-14(22)18(23)21-12-11-16(17-10-6-7-13-26-17)20(21,19(24)25)15-8-4-2-3-5-9-15;1-4-7(5-2)6-3/h14-17,22H,2-13H2,1H3,(H,24,25);4-6H2,1-3H3/t14?,16?,17?,20-;/m0./s1/i17D;. The van der Waals surface area contributed by atoms with Gasteiger partial charge < -0.3 is 29.5 Å². The first kappa shape index (κ1) is 26.4. The van der Waals surface area contributed by atoms with Gasteiger partial charge in [0.05, 0.1) is 38.6 Å². The molecule has 4 atom stereocenters. The number of hydrogen-bond acceptors (Lipinski definition) is 5. The number of rotatable bonds is 7. The van der Waals surface area contributed by atoms with Gasteiger partial charge in [0.2, 0.25) is 0 Å². The van der Waals surface area contributed by atoms with Crippen LogP contribution in [0.15, 0.2) is 0 Å². The van der Waals surface area contributed by atoms with E-state index in [1.54, 1.807) is 4.90 Å². The number of carbonyl (C=O) groups excluding carboxylic acids is 2. The summed E-state index contributed by atoms with van der Waals surface area (Å²) in [5, 5.41) is 22.7. The van der Waals surface area contributed by atoms with E-state index in [-0.39, 0.29) is 12.5 Å². The maximum atomic E-state index is 12.8. The van der Waals surface area contributed by atoms with E-state index in [0.29, 0.717) is 32.3 Å². The summed E-state index contributed by atoms with van der Waals surface area (Å²) in [5.41, 5.74) is -1.57. The molecule has 3 aliphatic rings. The van der Waals surface area contributed by atoms with Gasteiger partial charge in [0.25, 0.3) is 5.91 Å². The number of aliphatic hydroxyl groups excluding tert-OH is 1. The van der Waals surface area contributed by atoms with E-state index in [9.17, 15) is 19.8 Å². The zero-order valence-corrected chi connectivity index (χ0v) is 21.4. The smallest absolute Gasteiger partial charge is 0.251 e. The molecule has 0 aromatic carbocycles. The van der Waals surface area contributed by atoms with Crippen molar-refractivity contribution in [3.05, 3.63) is 0 Å². The van der Waals surface area contributed by atoms with Crippen molar-refractivity contribution < 1.29 is 30.8 Å². The molecule has 1 amide bonds. The average Bonchev–Trinajstić information content (AvgIpc) is 3.04.